The average molecular weight is 105 g/mol. The second kappa shape index (κ2) is 2390. The average Bonchev–Trinajstić information content (AvgIpc) is 0. The number of halogens is 1. The van der Waals surface area contributed by atoms with Gasteiger partial charge in [0.25, 0.3) is 0 Å². The minimum atomic E-state index is 0. The van der Waals surface area contributed by atoms with Crippen LogP contribution in [0.5, 0.6) is 0 Å². The van der Waals surface area contributed by atoms with Crippen LogP contribution in [0.15, 0.2) is 0 Å². The van der Waals surface area contributed by atoms with Crippen molar-refractivity contribution >= 4 is 0 Å². The van der Waals surface area contributed by atoms with E-state index in [4.69, 9.17) is 0 Å². The van der Waals surface area contributed by atoms with Gasteiger partial charge >= 0.3 is 0 Å². The van der Waals surface area contributed by atoms with Gasteiger partial charge in [0.2, 0.25) is 0 Å². The third kappa shape index (κ3) is 1110. The van der Waals surface area contributed by atoms with Crippen molar-refractivity contribution in [1.29, 1.82) is 0 Å². The summed E-state index contributed by atoms with van der Waals surface area (Å²) in [7, 11) is 0. The van der Waals surface area contributed by atoms with Crippen molar-refractivity contribution in [2.24, 2.45) is 0 Å². The second-order valence-corrected chi connectivity index (χ2v) is 0. The van der Waals surface area contributed by atoms with Gasteiger partial charge in [-0.2, -0.15) is 0 Å². The van der Waals surface area contributed by atoms with Crippen molar-refractivity contribution in [3.05, 3.63) is 0 Å². The predicted octanol–water partition coefficient (Wildman–Crippen LogP) is -2.13. The van der Waals surface area contributed by atoms with Gasteiger partial charge < -0.3 is 37.0 Å². The summed E-state index contributed by atoms with van der Waals surface area (Å²) in [6.45, 7) is 0. The van der Waals surface area contributed by atoms with Gasteiger partial charge in [-0.15, -0.1) is 0 Å². The van der Waals surface area contributed by atoms with Crippen LogP contribution in [0.3, 0.4) is 0 Å². The lowest BCUT2D eigenvalue weighted by atomic mass is 14.0. The molecule has 5 heteroatoms. The molecule has 0 saturated carbocycles. The van der Waals surface area contributed by atoms with Gasteiger partial charge in [-0.1, -0.05) is 0 Å². The molecular weight excluding hydrogens is 91.5 g/mol. The van der Waals surface area contributed by atoms with Crippen LogP contribution in [0, 0.1) is 0 Å². The van der Waals surface area contributed by atoms with Gasteiger partial charge in [-0.05, 0) is 0 Å². The largest absolute Gasteiger partial charge is 1.00 e. The molecule has 5 heavy (non-hydrogen) atoms. The molecule has 0 atom stereocenters. The number of hydrogen-bond donors (Lipinski definition) is 4. The van der Waals surface area contributed by atoms with Gasteiger partial charge in [0.05, 0.1) is 0 Å². The quantitative estimate of drug-likeness (QED) is 0.279. The van der Waals surface area contributed by atoms with Crippen LogP contribution in [0.1, 0.15) is 0 Å². The molecule has 0 aromatic carbocycles. The van der Waals surface area contributed by atoms with Gasteiger partial charge in [-0.3, -0.25) is 0 Å². The van der Waals surface area contributed by atoms with Crippen molar-refractivity contribution in [3.8, 4) is 0 Å². The van der Waals surface area contributed by atoms with E-state index in [-0.39, 0.29) is 37.0 Å². The summed E-state index contributed by atoms with van der Waals surface area (Å²) < 4.78 is 0. The Morgan fingerprint density at radius 1 is 0.600 bits per heavy atom. The fraction of sp³-hybridized carbons (Fsp3) is 0. The zero-order valence-corrected chi connectivity index (χ0v) is 4.26. The molecule has 0 radical (unpaired) electrons. The van der Waals surface area contributed by atoms with Crippen molar-refractivity contribution in [2.75, 3.05) is 0 Å². The minimum Gasteiger partial charge on any atom is -1.00 e. The van der Waals surface area contributed by atoms with E-state index in [0.717, 1.165) is 0 Å². The molecule has 0 fully saturated rings. The fourth-order valence-corrected chi connectivity index (χ4v) is 0. The highest BCUT2D eigenvalue weighted by Gasteiger charge is -0.342. The second-order valence-electron chi connectivity index (χ2n) is 0. The first-order valence-corrected chi connectivity index (χ1v) is 0. The van der Waals surface area contributed by atoms with Gasteiger partial charge in [0.15, 0.2) is 0 Å². The van der Waals surface area contributed by atoms with Crippen LogP contribution in [0.4, 0.5) is 0 Å². The lowest BCUT2D eigenvalue weighted by Gasteiger charge is -1.00. The molecule has 0 bridgehead atoms. The number of hydrogen-bond acceptors (Lipinski definition) is 3. The van der Waals surface area contributed by atoms with E-state index in [1.807, 2.05) is 0 Å². The summed E-state index contributed by atoms with van der Waals surface area (Å²) in [6, 6.07) is 0. The zero-order valence-electron chi connectivity index (χ0n) is 3.50. The standard InChI is InChI=1S/ClH.4H3N/h1H;4*1H3. The lowest BCUT2D eigenvalue weighted by Crippen LogP contribution is -3.00. The Kier molecular flexibility index (Phi) is 2480000. The van der Waals surface area contributed by atoms with Gasteiger partial charge in [0.1, 0.15) is 0 Å². The summed E-state index contributed by atoms with van der Waals surface area (Å²) in [5.74, 6) is 0. The van der Waals surface area contributed by atoms with E-state index >= 15 is 0 Å². The number of rotatable bonds is 0. The first kappa shape index (κ1) is 5180. The van der Waals surface area contributed by atoms with E-state index in [1.165, 1.54) is 0 Å². The van der Waals surface area contributed by atoms with Crippen molar-refractivity contribution < 1.29 is 12.4 Å². The molecule has 0 aliphatic heterocycles. The van der Waals surface area contributed by atoms with Crippen LogP contribution >= 0.6 is 0 Å². The monoisotopic (exact) mass is 104 g/mol. The summed E-state index contributed by atoms with van der Waals surface area (Å²) >= 11 is 0. The molecule has 0 amide bonds. The molecule has 40 valence electrons. The molecule has 0 aromatic heterocycles. The maximum atomic E-state index is 0. The maximum absolute atomic E-state index is 0. The van der Waals surface area contributed by atoms with E-state index in [2.05, 4.69) is 0 Å². The zero-order chi connectivity index (χ0) is 0. The van der Waals surface area contributed by atoms with Crippen molar-refractivity contribution in [3.63, 3.8) is 0 Å². The van der Waals surface area contributed by atoms with E-state index in [0.29, 0.717) is 0 Å². The molecule has 0 aromatic rings. The van der Waals surface area contributed by atoms with Crippen molar-refractivity contribution in [2.45, 2.75) is 0 Å². The van der Waals surface area contributed by atoms with Crippen LogP contribution in [-0.2, 0) is 0 Å². The first-order chi connectivity index (χ1) is 0. The smallest absolute Gasteiger partial charge is 0.344 e. The molecule has 0 saturated heterocycles. The van der Waals surface area contributed by atoms with E-state index in [1.54, 1.807) is 0 Å². The molecule has 0 aliphatic carbocycles. The van der Waals surface area contributed by atoms with E-state index < -0.39 is 0 Å². The molecule has 0 spiro atoms. The molecule has 0 unspecified atom stereocenters. The molecule has 0 aliphatic rings. The van der Waals surface area contributed by atoms with Crippen LogP contribution in [0.25, 0.3) is 0 Å². The normalized spacial score (nSPS) is 0. The van der Waals surface area contributed by atoms with Crippen LogP contribution in [0.2, 0.25) is 0 Å². The third-order valence-electron chi connectivity index (χ3n) is 0. The van der Waals surface area contributed by atoms with Crippen molar-refractivity contribution in [1.82, 2.24) is 24.6 Å². The fourth-order valence-electron chi connectivity index (χ4n) is 0. The van der Waals surface area contributed by atoms with E-state index in [9.17, 15) is 0 Å². The Morgan fingerprint density at radius 2 is 0.600 bits per heavy atom. The highest BCUT2D eigenvalue weighted by molar-refractivity contribution is 2.14. The topological polar surface area (TPSA) is 142 Å². The highest BCUT2D eigenvalue weighted by Crippen LogP contribution is -0.478. The first-order valence-electron chi connectivity index (χ1n) is 0. The minimum absolute atomic E-state index is 0. The summed E-state index contributed by atoms with van der Waals surface area (Å²) in [5, 5.41) is 0. The summed E-state index contributed by atoms with van der Waals surface area (Å²) in [6.07, 6.45) is 0. The molecular formula is H13ClN4. The Labute approximate surface area is 38.1 Å². The summed E-state index contributed by atoms with van der Waals surface area (Å²) in [4.78, 5) is 0. The summed E-state index contributed by atoms with van der Waals surface area (Å²) in [5.41, 5.74) is 0. The maximum Gasteiger partial charge on any atom is -0.344 e. The Hall–Kier alpha value is 0.130. The lowest BCUT2D eigenvalue weighted by molar-refractivity contribution is -0.00000187. The van der Waals surface area contributed by atoms with Gasteiger partial charge in [0, 0.05) is 0 Å². The van der Waals surface area contributed by atoms with Crippen LogP contribution in [-0.4, -0.2) is 0 Å². The highest BCUT2D eigenvalue weighted by atomic mass is 35.5. The van der Waals surface area contributed by atoms with Crippen LogP contribution < -0.4 is 37.0 Å². The molecule has 0 heterocycles. The molecule has 13 N–H and O–H groups in total. The number of quaternary nitrogens is 1. The predicted molar refractivity (Wildman–Crippen MR) is 21.1 cm³/mol. The molecule has 4 nitrogen and oxygen atoms in total. The molecule has 0 rings (SSSR count). The Balaban J connectivity index is 0. The third-order valence-corrected chi connectivity index (χ3v) is 0. The Bertz CT molecular complexity index is 3.61. The Morgan fingerprint density at radius 3 is 0.600 bits per heavy atom. The van der Waals surface area contributed by atoms with Gasteiger partial charge in [-0.25, -0.2) is 0 Å². The SMILES string of the molecule is N.N.N.[Cl-].[NH4+].